The van der Waals surface area contributed by atoms with E-state index in [0.29, 0.717) is 85.4 Å². The van der Waals surface area contributed by atoms with Gasteiger partial charge in [0.25, 0.3) is 0 Å². The molecule has 0 unspecified atom stereocenters. The number of rotatable bonds is 26. The molecule has 1 saturated heterocycles. The molecule has 0 atom stereocenters. The molecule has 0 bridgehead atoms. The van der Waals surface area contributed by atoms with Crippen molar-refractivity contribution in [3.8, 4) is 0 Å². The van der Waals surface area contributed by atoms with Gasteiger partial charge in [-0.05, 0) is 25.9 Å². The van der Waals surface area contributed by atoms with Gasteiger partial charge in [-0.2, -0.15) is 0 Å². The number of carboxylic acid groups (broad SMARTS) is 1. The fourth-order valence-electron chi connectivity index (χ4n) is 3.05. The van der Waals surface area contributed by atoms with Crippen molar-refractivity contribution < 1.29 is 57.4 Å². The number of esters is 1. The number of nitrogens with one attached hydrogen (secondary N) is 1. The van der Waals surface area contributed by atoms with Gasteiger partial charge < -0.3 is 48.3 Å². The Hall–Kier alpha value is -1.71. The summed E-state index contributed by atoms with van der Waals surface area (Å²) in [6.45, 7) is 8.00. The number of carboxylic acids is 1. The lowest BCUT2D eigenvalue weighted by Gasteiger charge is -2.22. The van der Waals surface area contributed by atoms with Gasteiger partial charge in [0.05, 0.1) is 98.4 Å². The molecule has 0 aromatic carbocycles. The molecule has 0 aliphatic carbocycles. The summed E-state index contributed by atoms with van der Waals surface area (Å²) in [5.41, 5.74) is 0. The third-order valence-corrected chi connectivity index (χ3v) is 5.01. The minimum atomic E-state index is -1.56. The number of hydrogen-bond donors (Lipinski definition) is 2. The maximum atomic E-state index is 11.3. The van der Waals surface area contributed by atoms with Crippen LogP contribution in [0.25, 0.3) is 0 Å². The molecule has 0 aromatic heterocycles. The van der Waals surface area contributed by atoms with Crippen LogP contribution < -0.4 is 5.32 Å². The van der Waals surface area contributed by atoms with Crippen LogP contribution >= 0.6 is 0 Å². The van der Waals surface area contributed by atoms with E-state index in [9.17, 15) is 14.4 Å². The fraction of sp³-hybridized carbons (Fsp3) is 0.875. The molecule has 13 heteroatoms. The number of ether oxygens (including phenoxy) is 8. The maximum absolute atomic E-state index is 11.3. The normalized spacial score (nSPS) is 14.1. The van der Waals surface area contributed by atoms with Crippen LogP contribution in [0.2, 0.25) is 0 Å². The van der Waals surface area contributed by atoms with Gasteiger partial charge in [0.1, 0.15) is 6.61 Å². The molecule has 13 nitrogen and oxygen atoms in total. The molecule has 0 aromatic rings. The van der Waals surface area contributed by atoms with Crippen molar-refractivity contribution >= 4 is 17.7 Å². The average molecular weight is 538 g/mol. The monoisotopic (exact) mass is 537 g/mol. The second-order valence-corrected chi connectivity index (χ2v) is 7.94. The standard InChI is InChI=1S/C24H43NO12/c26-22(24(28)29)1-2-23(27)37-20-18-35-16-14-33-12-10-31-8-7-30-9-11-32-13-15-34-17-19-36-21-3-5-25-6-4-21/h21,25H,1-20H2,(H,28,29). The zero-order chi connectivity index (χ0) is 26.8. The van der Waals surface area contributed by atoms with Crippen LogP contribution in [0.3, 0.4) is 0 Å². The summed E-state index contributed by atoms with van der Waals surface area (Å²) < 4.78 is 42.9. The summed E-state index contributed by atoms with van der Waals surface area (Å²) in [5, 5.41) is 11.7. The fourth-order valence-corrected chi connectivity index (χ4v) is 3.05. The van der Waals surface area contributed by atoms with Crippen molar-refractivity contribution in [1.29, 1.82) is 0 Å². The van der Waals surface area contributed by atoms with Gasteiger partial charge in [-0.1, -0.05) is 0 Å². The summed E-state index contributed by atoms with van der Waals surface area (Å²) in [4.78, 5) is 32.5. The average Bonchev–Trinajstić information content (AvgIpc) is 2.90. The van der Waals surface area contributed by atoms with Crippen LogP contribution in [-0.2, 0) is 52.3 Å². The van der Waals surface area contributed by atoms with Gasteiger partial charge in [-0.3, -0.25) is 9.59 Å². The van der Waals surface area contributed by atoms with E-state index >= 15 is 0 Å². The molecule has 1 heterocycles. The lowest BCUT2D eigenvalue weighted by Crippen LogP contribution is -2.33. The molecule has 0 radical (unpaired) electrons. The largest absolute Gasteiger partial charge is 0.476 e. The van der Waals surface area contributed by atoms with Crippen molar-refractivity contribution in [2.45, 2.75) is 31.8 Å². The summed E-state index contributed by atoms with van der Waals surface area (Å²) in [6, 6.07) is 0. The molecule has 216 valence electrons. The van der Waals surface area contributed by atoms with Crippen LogP contribution in [0.1, 0.15) is 25.7 Å². The van der Waals surface area contributed by atoms with Crippen molar-refractivity contribution in [1.82, 2.24) is 5.32 Å². The first kappa shape index (κ1) is 33.3. The molecule has 0 amide bonds. The third kappa shape index (κ3) is 22.0. The first-order chi connectivity index (χ1) is 18.1. The Morgan fingerprint density at radius 2 is 1.00 bits per heavy atom. The topological polar surface area (TPSA) is 157 Å². The predicted octanol–water partition coefficient (Wildman–Crippen LogP) is -0.168. The Morgan fingerprint density at radius 3 is 1.43 bits per heavy atom. The van der Waals surface area contributed by atoms with E-state index in [-0.39, 0.29) is 26.1 Å². The molecule has 2 N–H and O–H groups in total. The van der Waals surface area contributed by atoms with Gasteiger partial charge >= 0.3 is 11.9 Å². The Bertz CT molecular complexity index is 586. The smallest absolute Gasteiger partial charge is 0.372 e. The number of piperidine rings is 1. The van der Waals surface area contributed by atoms with Crippen molar-refractivity contribution in [2.75, 3.05) is 106 Å². The molecule has 0 saturated carbocycles. The highest BCUT2D eigenvalue weighted by molar-refractivity contribution is 6.32. The third-order valence-electron chi connectivity index (χ3n) is 5.01. The van der Waals surface area contributed by atoms with Crippen LogP contribution in [0.4, 0.5) is 0 Å². The van der Waals surface area contributed by atoms with E-state index in [0.717, 1.165) is 25.9 Å². The summed E-state index contributed by atoms with van der Waals surface area (Å²) in [7, 11) is 0. The molecule has 1 rings (SSSR count). The van der Waals surface area contributed by atoms with E-state index in [1.807, 2.05) is 0 Å². The van der Waals surface area contributed by atoms with Crippen LogP contribution in [-0.4, -0.2) is 135 Å². The number of ketones is 1. The Labute approximate surface area is 218 Å². The predicted molar refractivity (Wildman–Crippen MR) is 130 cm³/mol. The highest BCUT2D eigenvalue weighted by atomic mass is 16.6. The molecule has 37 heavy (non-hydrogen) atoms. The number of carbonyl (C=O) groups excluding carboxylic acids is 2. The highest BCUT2D eigenvalue weighted by Gasteiger charge is 2.14. The Balaban J connectivity index is 1.68. The zero-order valence-electron chi connectivity index (χ0n) is 21.7. The number of hydrogen-bond acceptors (Lipinski definition) is 12. The minimum absolute atomic E-state index is 0.0240. The van der Waals surface area contributed by atoms with Gasteiger partial charge in [0.2, 0.25) is 5.78 Å². The lowest BCUT2D eigenvalue weighted by molar-refractivity contribution is -0.151. The first-order valence-electron chi connectivity index (χ1n) is 12.8. The summed E-state index contributed by atoms with van der Waals surface area (Å²) in [6.07, 6.45) is 1.84. The maximum Gasteiger partial charge on any atom is 0.372 e. The van der Waals surface area contributed by atoms with Crippen LogP contribution in [0.15, 0.2) is 0 Å². The number of aliphatic carboxylic acids is 1. The molecule has 0 spiro atoms. The van der Waals surface area contributed by atoms with Gasteiger partial charge in [-0.25, -0.2) is 4.79 Å². The van der Waals surface area contributed by atoms with E-state index in [1.54, 1.807) is 0 Å². The Kier molecular flexibility index (Phi) is 22.2. The quantitative estimate of drug-likeness (QED) is 0.0852. The second-order valence-electron chi connectivity index (χ2n) is 7.94. The molecular formula is C24H43NO12. The van der Waals surface area contributed by atoms with Crippen LogP contribution in [0.5, 0.6) is 0 Å². The lowest BCUT2D eigenvalue weighted by atomic mass is 10.1. The molecule has 1 aliphatic heterocycles. The van der Waals surface area contributed by atoms with Gasteiger partial charge in [-0.15, -0.1) is 0 Å². The number of Topliss-reactive ketones (excluding diaryl/α,β-unsaturated/α-hetero) is 1. The SMILES string of the molecule is O=C(CCC(=O)C(=O)O)OCCOCCOCCOCCOCCOCCOCCOC1CCNCC1. The Morgan fingerprint density at radius 1 is 0.595 bits per heavy atom. The van der Waals surface area contributed by atoms with Crippen molar-refractivity contribution in [3.05, 3.63) is 0 Å². The minimum Gasteiger partial charge on any atom is -0.476 e. The molecular weight excluding hydrogens is 494 g/mol. The van der Waals surface area contributed by atoms with Crippen molar-refractivity contribution in [3.63, 3.8) is 0 Å². The van der Waals surface area contributed by atoms with Gasteiger partial charge in [0.15, 0.2) is 0 Å². The second kappa shape index (κ2) is 24.6. The molecule has 1 aliphatic rings. The summed E-state index contributed by atoms with van der Waals surface area (Å²) >= 11 is 0. The first-order valence-corrected chi connectivity index (χ1v) is 12.8. The zero-order valence-corrected chi connectivity index (χ0v) is 21.7. The van der Waals surface area contributed by atoms with Gasteiger partial charge in [0, 0.05) is 6.42 Å². The van der Waals surface area contributed by atoms with Crippen molar-refractivity contribution in [2.24, 2.45) is 0 Å². The van der Waals surface area contributed by atoms with E-state index in [2.05, 4.69) is 5.32 Å². The molecule has 1 fully saturated rings. The summed E-state index contributed by atoms with van der Waals surface area (Å²) in [5.74, 6) is -3.22. The number of carbonyl (C=O) groups is 3. The highest BCUT2D eigenvalue weighted by Crippen LogP contribution is 2.06. The van der Waals surface area contributed by atoms with E-state index < -0.39 is 17.7 Å². The van der Waals surface area contributed by atoms with Crippen LogP contribution in [0, 0.1) is 0 Å². The van der Waals surface area contributed by atoms with E-state index in [4.69, 9.17) is 43.0 Å². The van der Waals surface area contributed by atoms with E-state index in [1.165, 1.54) is 0 Å².